The van der Waals surface area contributed by atoms with Gasteiger partial charge in [0.1, 0.15) is 5.75 Å². The molecule has 0 fully saturated rings. The molecule has 0 heterocycles. The lowest BCUT2D eigenvalue weighted by molar-refractivity contribution is 0.0597. The second kappa shape index (κ2) is 8.54. The highest BCUT2D eigenvalue weighted by atomic mass is 32.1. The fraction of sp³-hybridized carbons (Fsp3) is 0. The smallest absolute Gasteiger partial charge is 0.345 e. The van der Waals surface area contributed by atoms with Crippen molar-refractivity contribution in [1.82, 2.24) is 0 Å². The summed E-state index contributed by atoms with van der Waals surface area (Å²) in [5.74, 6) is -13.0. The minimum absolute atomic E-state index is 0.244. The summed E-state index contributed by atoms with van der Waals surface area (Å²) in [6.07, 6.45) is 0. The summed E-state index contributed by atoms with van der Waals surface area (Å²) in [5, 5.41) is 47.0. The van der Waals surface area contributed by atoms with E-state index in [0.717, 1.165) is 0 Å². The lowest BCUT2D eigenvalue weighted by Gasteiger charge is -2.17. The molecule has 31 heavy (non-hydrogen) atoms. The minimum atomic E-state index is -2.23. The number of carboxylic acid groups (broad SMARTS) is 5. The molecule has 13 heteroatoms. The Kier molecular flexibility index (Phi) is 6.31. The number of hydrogen-bond donors (Lipinski definition) is 6. The van der Waals surface area contributed by atoms with Gasteiger partial charge in [-0.15, -0.1) is 12.6 Å². The highest BCUT2D eigenvalue weighted by molar-refractivity contribution is 7.80. The van der Waals surface area contributed by atoms with Gasteiger partial charge in [0.15, 0.2) is 0 Å². The van der Waals surface area contributed by atoms with Crippen molar-refractivity contribution in [3.63, 3.8) is 0 Å². The van der Waals surface area contributed by atoms with Crippen molar-refractivity contribution in [3.8, 4) is 5.75 Å². The Morgan fingerprint density at radius 1 is 0.548 bits per heavy atom. The van der Waals surface area contributed by atoms with E-state index in [0.29, 0.717) is 4.90 Å². The maximum Gasteiger partial charge on any atom is 0.345 e. The van der Waals surface area contributed by atoms with E-state index in [1.807, 2.05) is 0 Å². The van der Waals surface area contributed by atoms with E-state index in [1.165, 1.54) is 24.3 Å². The summed E-state index contributed by atoms with van der Waals surface area (Å²) < 4.78 is 4.87. The molecular weight excluding hydrogens is 440 g/mol. The van der Waals surface area contributed by atoms with Gasteiger partial charge >= 0.3 is 35.8 Å². The summed E-state index contributed by atoms with van der Waals surface area (Å²) >= 11 is 4.00. The molecule has 0 saturated carbocycles. The van der Waals surface area contributed by atoms with Gasteiger partial charge in [0.05, 0.1) is 33.4 Å². The van der Waals surface area contributed by atoms with Crippen LogP contribution in [0.5, 0.6) is 5.75 Å². The minimum Gasteiger partial charge on any atom is -0.478 e. The van der Waals surface area contributed by atoms with Gasteiger partial charge in [-0.3, -0.25) is 0 Å². The molecule has 2 rings (SSSR count). The van der Waals surface area contributed by atoms with E-state index >= 15 is 0 Å². The van der Waals surface area contributed by atoms with Crippen molar-refractivity contribution in [2.75, 3.05) is 0 Å². The van der Waals surface area contributed by atoms with E-state index < -0.39 is 69.2 Å². The number of thiol groups is 1. The van der Waals surface area contributed by atoms with Crippen LogP contribution in [-0.4, -0.2) is 61.3 Å². The normalized spacial score (nSPS) is 10.2. The van der Waals surface area contributed by atoms with Crippen molar-refractivity contribution < 1.29 is 59.0 Å². The highest BCUT2D eigenvalue weighted by Gasteiger charge is 2.41. The number of carbonyl (C=O) groups is 6. The van der Waals surface area contributed by atoms with Gasteiger partial charge in [-0.2, -0.15) is 0 Å². The first-order chi connectivity index (χ1) is 14.4. The number of carboxylic acids is 5. The van der Waals surface area contributed by atoms with E-state index in [2.05, 4.69) is 12.6 Å². The first-order valence-corrected chi connectivity index (χ1v) is 8.24. The number of aromatic carboxylic acids is 5. The van der Waals surface area contributed by atoms with Crippen LogP contribution in [0.2, 0.25) is 0 Å². The summed E-state index contributed by atoms with van der Waals surface area (Å²) in [4.78, 5) is 71.5. The number of ether oxygens (including phenoxy) is 1. The Balaban J connectivity index is 3.04. The number of benzene rings is 2. The average Bonchev–Trinajstić information content (AvgIpc) is 2.66. The molecule has 2 aromatic rings. The van der Waals surface area contributed by atoms with E-state index in [1.54, 1.807) is 0 Å². The van der Waals surface area contributed by atoms with Gasteiger partial charge in [0, 0.05) is 4.90 Å². The maximum atomic E-state index is 12.7. The molecule has 0 aromatic heterocycles. The third kappa shape index (κ3) is 4.30. The molecule has 0 unspecified atom stereocenters. The Morgan fingerprint density at radius 2 is 0.839 bits per heavy atom. The van der Waals surface area contributed by atoms with Crippen LogP contribution in [0, 0.1) is 0 Å². The number of carbonyl (C=O) groups excluding carboxylic acids is 1. The van der Waals surface area contributed by atoms with Crippen molar-refractivity contribution in [3.05, 3.63) is 57.6 Å². The zero-order chi connectivity index (χ0) is 23.6. The van der Waals surface area contributed by atoms with Crippen molar-refractivity contribution >= 4 is 48.4 Å². The van der Waals surface area contributed by atoms with Gasteiger partial charge < -0.3 is 30.3 Å². The first kappa shape index (κ1) is 22.9. The average molecular weight is 450 g/mol. The standard InChI is InChI=1S/C18H10O12S/c19-13(20)7-8(14(21)22)10(16(25)26)12(11(17(27)28)9(7)15(23)24)18(29)30-5-1-3-6(31)4-2-5/h1-4,31H,(H,19,20)(H,21,22)(H,23,24)(H,25,26)(H,27,28). The van der Waals surface area contributed by atoms with E-state index in [9.17, 15) is 54.3 Å². The second-order valence-electron chi connectivity index (χ2n) is 5.66. The molecule has 0 amide bonds. The molecule has 0 aliphatic heterocycles. The molecule has 0 spiro atoms. The topological polar surface area (TPSA) is 213 Å². The van der Waals surface area contributed by atoms with Crippen LogP contribution < -0.4 is 4.74 Å². The van der Waals surface area contributed by atoms with Crippen molar-refractivity contribution in [2.24, 2.45) is 0 Å². The molecular formula is C18H10O12S. The highest BCUT2D eigenvalue weighted by Crippen LogP contribution is 2.31. The van der Waals surface area contributed by atoms with Crippen LogP contribution in [0.3, 0.4) is 0 Å². The summed E-state index contributed by atoms with van der Waals surface area (Å²) in [6.45, 7) is 0. The van der Waals surface area contributed by atoms with E-state index in [-0.39, 0.29) is 5.75 Å². The summed E-state index contributed by atoms with van der Waals surface area (Å²) in [5.41, 5.74) is -9.37. The predicted molar refractivity (Wildman–Crippen MR) is 99.9 cm³/mol. The molecule has 0 aliphatic carbocycles. The SMILES string of the molecule is O=C(O)c1c(C(=O)O)c(C(=O)O)c(C(=O)Oc2ccc(S)cc2)c(C(=O)O)c1C(=O)O. The largest absolute Gasteiger partial charge is 0.478 e. The number of hydrogen-bond acceptors (Lipinski definition) is 8. The molecule has 0 aliphatic rings. The Hall–Kier alpha value is -4.39. The van der Waals surface area contributed by atoms with Crippen LogP contribution in [0.4, 0.5) is 0 Å². The fourth-order valence-corrected chi connectivity index (χ4v) is 2.84. The van der Waals surface area contributed by atoms with Gasteiger partial charge in [-0.05, 0) is 24.3 Å². The molecule has 0 saturated heterocycles. The summed E-state index contributed by atoms with van der Waals surface area (Å²) in [7, 11) is 0. The Bertz CT molecular complexity index is 1110. The van der Waals surface area contributed by atoms with Gasteiger partial charge in [-0.1, -0.05) is 0 Å². The zero-order valence-corrected chi connectivity index (χ0v) is 15.7. The van der Waals surface area contributed by atoms with Crippen LogP contribution in [0.1, 0.15) is 62.1 Å². The van der Waals surface area contributed by atoms with Crippen LogP contribution in [0.15, 0.2) is 29.2 Å². The van der Waals surface area contributed by atoms with Crippen molar-refractivity contribution in [1.29, 1.82) is 0 Å². The molecule has 160 valence electrons. The van der Waals surface area contributed by atoms with Gasteiger partial charge in [0.25, 0.3) is 0 Å². The quantitative estimate of drug-likeness (QED) is 0.202. The van der Waals surface area contributed by atoms with Crippen LogP contribution in [-0.2, 0) is 0 Å². The molecule has 2 aromatic carbocycles. The van der Waals surface area contributed by atoms with Crippen LogP contribution in [0.25, 0.3) is 0 Å². The maximum absolute atomic E-state index is 12.7. The zero-order valence-electron chi connectivity index (χ0n) is 14.9. The van der Waals surface area contributed by atoms with Gasteiger partial charge in [-0.25, -0.2) is 28.8 Å². The molecule has 5 N–H and O–H groups in total. The number of esters is 1. The molecule has 0 atom stereocenters. The fourth-order valence-electron chi connectivity index (χ4n) is 2.70. The lowest BCUT2D eigenvalue weighted by atomic mass is 9.86. The third-order valence-electron chi connectivity index (χ3n) is 3.82. The third-order valence-corrected chi connectivity index (χ3v) is 4.12. The van der Waals surface area contributed by atoms with Crippen LogP contribution >= 0.6 is 12.6 Å². The van der Waals surface area contributed by atoms with Gasteiger partial charge in [0.2, 0.25) is 0 Å². The number of rotatable bonds is 7. The molecule has 12 nitrogen and oxygen atoms in total. The molecule has 0 radical (unpaired) electrons. The first-order valence-electron chi connectivity index (χ1n) is 7.80. The molecule has 0 bridgehead atoms. The Labute approximate surface area is 176 Å². The monoisotopic (exact) mass is 450 g/mol. The second-order valence-corrected chi connectivity index (χ2v) is 6.18. The van der Waals surface area contributed by atoms with E-state index in [4.69, 9.17) is 4.74 Å². The predicted octanol–water partition coefficient (Wildman–Crippen LogP) is 1.69. The Morgan fingerprint density at radius 3 is 1.13 bits per heavy atom. The lowest BCUT2D eigenvalue weighted by Crippen LogP contribution is -2.29. The van der Waals surface area contributed by atoms with Crippen molar-refractivity contribution in [2.45, 2.75) is 4.90 Å². The summed E-state index contributed by atoms with van der Waals surface area (Å²) in [6, 6.07) is 5.06.